The van der Waals surface area contributed by atoms with Gasteiger partial charge in [0.1, 0.15) is 5.56 Å². The summed E-state index contributed by atoms with van der Waals surface area (Å²) in [7, 11) is 1.88. The molecule has 0 bridgehead atoms. The van der Waals surface area contributed by atoms with Crippen LogP contribution in [0, 0.1) is 13.8 Å². The van der Waals surface area contributed by atoms with Gasteiger partial charge in [0, 0.05) is 51.3 Å². The van der Waals surface area contributed by atoms with Crippen LogP contribution in [0.2, 0.25) is 0 Å². The van der Waals surface area contributed by atoms with E-state index < -0.39 is 0 Å². The number of aromatic nitrogens is 4. The Labute approximate surface area is 174 Å². The van der Waals surface area contributed by atoms with Gasteiger partial charge in [-0.2, -0.15) is 5.10 Å². The number of hydrogen-bond acceptors (Lipinski definition) is 8. The number of aryl methyl sites for hydroxylation is 3. The van der Waals surface area contributed by atoms with E-state index in [1.54, 1.807) is 22.2 Å². The van der Waals surface area contributed by atoms with Crippen LogP contribution < -0.4 is 4.90 Å². The van der Waals surface area contributed by atoms with Crippen LogP contribution in [0.15, 0.2) is 11.6 Å². The molecule has 1 saturated heterocycles. The zero-order chi connectivity index (χ0) is 20.5. The Kier molecular flexibility index (Phi) is 5.51. The van der Waals surface area contributed by atoms with E-state index >= 15 is 0 Å². The molecule has 0 unspecified atom stereocenters. The third kappa shape index (κ3) is 3.84. The lowest BCUT2D eigenvalue weighted by Gasteiger charge is -2.36. The molecule has 0 saturated carbocycles. The number of esters is 1. The minimum Gasteiger partial charge on any atom is -0.462 e. The van der Waals surface area contributed by atoms with E-state index in [1.165, 1.54) is 0 Å². The Bertz CT molecular complexity index is 1040. The monoisotopic (exact) mass is 414 g/mol. The van der Waals surface area contributed by atoms with Gasteiger partial charge in [0.05, 0.1) is 34.1 Å². The average Bonchev–Trinajstić information content (AvgIpc) is 3.24. The highest BCUT2D eigenvalue weighted by molar-refractivity contribution is 7.09. The summed E-state index contributed by atoms with van der Waals surface area (Å²) in [5, 5.41) is 8.69. The maximum atomic E-state index is 12.6. The zero-order valence-electron chi connectivity index (χ0n) is 17.3. The fourth-order valence-electron chi connectivity index (χ4n) is 3.92. The molecule has 1 aliphatic heterocycles. The lowest BCUT2D eigenvalue weighted by Crippen LogP contribution is -2.46. The number of pyridine rings is 1. The van der Waals surface area contributed by atoms with Crippen molar-refractivity contribution in [2.45, 2.75) is 27.3 Å². The van der Waals surface area contributed by atoms with Crippen LogP contribution in [0.3, 0.4) is 0 Å². The Balaban J connectivity index is 1.62. The van der Waals surface area contributed by atoms with Gasteiger partial charge in [0.2, 0.25) is 0 Å². The normalized spacial score (nSPS) is 15.2. The number of rotatable bonds is 5. The van der Waals surface area contributed by atoms with Crippen molar-refractivity contribution in [2.24, 2.45) is 7.05 Å². The highest BCUT2D eigenvalue weighted by Crippen LogP contribution is 2.33. The molecule has 0 radical (unpaired) electrons. The van der Waals surface area contributed by atoms with Crippen molar-refractivity contribution < 1.29 is 9.53 Å². The lowest BCUT2D eigenvalue weighted by atomic mass is 10.1. The van der Waals surface area contributed by atoms with E-state index in [0.717, 1.165) is 65.8 Å². The van der Waals surface area contributed by atoms with Gasteiger partial charge < -0.3 is 9.64 Å². The first-order chi connectivity index (χ1) is 14.0. The molecule has 0 N–H and O–H groups in total. The second kappa shape index (κ2) is 8.08. The molecule has 0 atom stereocenters. The Morgan fingerprint density at radius 3 is 2.66 bits per heavy atom. The van der Waals surface area contributed by atoms with Gasteiger partial charge in [-0.25, -0.2) is 14.8 Å². The van der Waals surface area contributed by atoms with Crippen molar-refractivity contribution in [1.29, 1.82) is 0 Å². The standard InChI is InChI=1S/C20H26N6O2S/c1-5-28-20(27)16-10-21-19-17(13(2)23-24(19)4)18(16)26-8-6-25(7-9-26)11-15-12-29-14(3)22-15/h10,12H,5-9,11H2,1-4H3. The Morgan fingerprint density at radius 1 is 1.24 bits per heavy atom. The van der Waals surface area contributed by atoms with E-state index in [1.807, 2.05) is 27.8 Å². The van der Waals surface area contributed by atoms with Crippen molar-refractivity contribution in [1.82, 2.24) is 24.6 Å². The van der Waals surface area contributed by atoms with Crippen molar-refractivity contribution in [3.63, 3.8) is 0 Å². The molecular formula is C20H26N6O2S. The predicted octanol–water partition coefficient (Wildman–Crippen LogP) is 2.54. The molecule has 0 spiro atoms. The molecule has 154 valence electrons. The van der Waals surface area contributed by atoms with Crippen LogP contribution >= 0.6 is 11.3 Å². The van der Waals surface area contributed by atoms with E-state index in [4.69, 9.17) is 4.74 Å². The summed E-state index contributed by atoms with van der Waals surface area (Å²) in [6.45, 7) is 10.5. The highest BCUT2D eigenvalue weighted by atomic mass is 32.1. The first-order valence-electron chi connectivity index (χ1n) is 9.85. The molecular weight excluding hydrogens is 388 g/mol. The van der Waals surface area contributed by atoms with Gasteiger partial charge in [0.25, 0.3) is 0 Å². The minimum atomic E-state index is -0.333. The molecule has 29 heavy (non-hydrogen) atoms. The lowest BCUT2D eigenvalue weighted by molar-refractivity contribution is 0.0526. The molecule has 1 aliphatic rings. The molecule has 9 heteroatoms. The van der Waals surface area contributed by atoms with Crippen LogP contribution in [0.4, 0.5) is 5.69 Å². The smallest absolute Gasteiger partial charge is 0.341 e. The molecule has 8 nitrogen and oxygen atoms in total. The van der Waals surface area contributed by atoms with Crippen LogP contribution in [-0.4, -0.2) is 63.4 Å². The van der Waals surface area contributed by atoms with Crippen molar-refractivity contribution in [3.8, 4) is 0 Å². The van der Waals surface area contributed by atoms with Crippen molar-refractivity contribution in [3.05, 3.63) is 33.5 Å². The second-order valence-electron chi connectivity index (χ2n) is 7.27. The topological polar surface area (TPSA) is 76.4 Å². The number of thiazole rings is 1. The van der Waals surface area contributed by atoms with Crippen molar-refractivity contribution >= 4 is 34.0 Å². The summed E-state index contributed by atoms with van der Waals surface area (Å²) in [5.74, 6) is -0.333. The van der Waals surface area contributed by atoms with Gasteiger partial charge in [-0.1, -0.05) is 0 Å². The van der Waals surface area contributed by atoms with Crippen LogP contribution in [0.5, 0.6) is 0 Å². The summed E-state index contributed by atoms with van der Waals surface area (Å²) in [4.78, 5) is 26.4. The van der Waals surface area contributed by atoms with E-state index in [0.29, 0.717) is 12.2 Å². The van der Waals surface area contributed by atoms with Gasteiger partial charge >= 0.3 is 5.97 Å². The molecule has 4 heterocycles. The van der Waals surface area contributed by atoms with Gasteiger partial charge in [-0.05, 0) is 20.8 Å². The molecule has 1 fully saturated rings. The number of fused-ring (bicyclic) bond motifs is 1. The van der Waals surface area contributed by atoms with E-state index in [-0.39, 0.29) is 5.97 Å². The summed E-state index contributed by atoms with van der Waals surface area (Å²) in [6, 6.07) is 0. The zero-order valence-corrected chi connectivity index (χ0v) is 18.1. The second-order valence-corrected chi connectivity index (χ2v) is 8.33. The molecule has 3 aromatic rings. The van der Waals surface area contributed by atoms with Gasteiger partial charge in [-0.3, -0.25) is 9.58 Å². The number of piperazine rings is 1. The van der Waals surface area contributed by atoms with E-state index in [2.05, 4.69) is 30.2 Å². The van der Waals surface area contributed by atoms with E-state index in [9.17, 15) is 4.79 Å². The average molecular weight is 415 g/mol. The first kappa shape index (κ1) is 19.8. The molecule has 0 aromatic carbocycles. The summed E-state index contributed by atoms with van der Waals surface area (Å²) in [5.41, 5.74) is 4.19. The minimum absolute atomic E-state index is 0.333. The van der Waals surface area contributed by atoms with Crippen molar-refractivity contribution in [2.75, 3.05) is 37.7 Å². The largest absolute Gasteiger partial charge is 0.462 e. The third-order valence-electron chi connectivity index (χ3n) is 5.24. The Hall–Kier alpha value is -2.52. The summed E-state index contributed by atoms with van der Waals surface area (Å²) >= 11 is 1.69. The fourth-order valence-corrected chi connectivity index (χ4v) is 4.52. The van der Waals surface area contributed by atoms with Crippen LogP contribution in [0.25, 0.3) is 11.0 Å². The first-order valence-corrected chi connectivity index (χ1v) is 10.7. The molecule has 3 aromatic heterocycles. The van der Waals surface area contributed by atoms with Gasteiger partial charge in [-0.15, -0.1) is 11.3 Å². The van der Waals surface area contributed by atoms with Crippen LogP contribution in [-0.2, 0) is 18.3 Å². The number of anilines is 1. The van der Waals surface area contributed by atoms with Gasteiger partial charge in [0.15, 0.2) is 5.65 Å². The predicted molar refractivity (Wildman–Crippen MR) is 114 cm³/mol. The third-order valence-corrected chi connectivity index (χ3v) is 6.06. The number of ether oxygens (including phenoxy) is 1. The van der Waals surface area contributed by atoms with Crippen LogP contribution in [0.1, 0.15) is 33.7 Å². The number of nitrogens with zero attached hydrogens (tertiary/aromatic N) is 6. The fraction of sp³-hybridized carbons (Fsp3) is 0.500. The number of carbonyl (C=O) groups excluding carboxylic acids is 1. The molecule has 0 aliphatic carbocycles. The highest BCUT2D eigenvalue weighted by Gasteiger charge is 2.27. The molecule has 4 rings (SSSR count). The summed E-state index contributed by atoms with van der Waals surface area (Å²) in [6.07, 6.45) is 1.63. The maximum Gasteiger partial charge on any atom is 0.341 e. The quantitative estimate of drug-likeness (QED) is 0.594. The Morgan fingerprint density at radius 2 is 2.00 bits per heavy atom. The SMILES string of the molecule is CCOC(=O)c1cnc2c(c(C)nn2C)c1N1CCN(Cc2csc(C)n2)CC1. The summed E-state index contributed by atoms with van der Waals surface area (Å²) < 4.78 is 7.07. The number of carbonyl (C=O) groups is 1. The molecule has 0 amide bonds. The number of hydrogen-bond donors (Lipinski definition) is 0. The maximum absolute atomic E-state index is 12.6.